The lowest BCUT2D eigenvalue weighted by Gasteiger charge is -2.18. The molecule has 1 aliphatic heterocycles. The molecule has 0 aromatic heterocycles. The molecule has 1 heterocycles. The highest BCUT2D eigenvalue weighted by molar-refractivity contribution is 5.85. The first kappa shape index (κ1) is 18.8. The number of guanidine groups is 1. The maximum absolute atomic E-state index is 12.0. The van der Waals surface area contributed by atoms with Crippen LogP contribution in [-0.2, 0) is 4.79 Å². The van der Waals surface area contributed by atoms with E-state index < -0.39 is 0 Å². The molecule has 22 heavy (non-hydrogen) atoms. The van der Waals surface area contributed by atoms with Gasteiger partial charge in [-0.2, -0.15) is 0 Å². The summed E-state index contributed by atoms with van der Waals surface area (Å²) in [5.74, 6) is 0.897. The van der Waals surface area contributed by atoms with Gasteiger partial charge in [0, 0.05) is 26.2 Å². The average Bonchev–Trinajstić information content (AvgIpc) is 2.96. The number of unbranched alkanes of at least 4 members (excludes halogenated alkanes) is 1. The largest absolute Gasteiger partial charge is 0.357 e. The molecule has 5 nitrogen and oxygen atoms in total. The van der Waals surface area contributed by atoms with Crippen LogP contribution < -0.4 is 10.6 Å². The Hall–Kier alpha value is -1.26. The van der Waals surface area contributed by atoms with Gasteiger partial charge >= 0.3 is 0 Å². The third-order valence-electron chi connectivity index (χ3n) is 3.82. The average molecular weight is 310 g/mol. The van der Waals surface area contributed by atoms with E-state index in [9.17, 15) is 4.79 Å². The molecule has 0 spiro atoms. The van der Waals surface area contributed by atoms with Gasteiger partial charge in [-0.15, -0.1) is 0 Å². The molecule has 0 atom stereocenters. The summed E-state index contributed by atoms with van der Waals surface area (Å²) in [7, 11) is 0. The van der Waals surface area contributed by atoms with E-state index in [1.54, 1.807) is 0 Å². The molecule has 1 amide bonds. The molecule has 0 saturated carbocycles. The summed E-state index contributed by atoms with van der Waals surface area (Å²) in [5, 5.41) is 6.52. The third kappa shape index (κ3) is 8.25. The van der Waals surface area contributed by atoms with Crippen LogP contribution in [-0.4, -0.2) is 49.5 Å². The Kier molecular flexibility index (Phi) is 8.28. The van der Waals surface area contributed by atoms with Crippen molar-refractivity contribution in [3.05, 3.63) is 0 Å². The van der Waals surface area contributed by atoms with E-state index in [2.05, 4.69) is 36.4 Å². The predicted octanol–water partition coefficient (Wildman–Crippen LogP) is 2.38. The maximum atomic E-state index is 12.0. The normalized spacial score (nSPS) is 16.0. The van der Waals surface area contributed by atoms with E-state index in [0.717, 1.165) is 51.4 Å². The first-order valence-corrected chi connectivity index (χ1v) is 8.72. The zero-order valence-corrected chi connectivity index (χ0v) is 14.9. The summed E-state index contributed by atoms with van der Waals surface area (Å²) < 4.78 is 0. The number of nitrogens with one attached hydrogen (secondary N) is 2. The quantitative estimate of drug-likeness (QED) is 0.431. The highest BCUT2D eigenvalue weighted by atomic mass is 16.2. The van der Waals surface area contributed by atoms with Crippen molar-refractivity contribution in [1.29, 1.82) is 0 Å². The van der Waals surface area contributed by atoms with E-state index in [0.29, 0.717) is 5.41 Å². The lowest BCUT2D eigenvalue weighted by Crippen LogP contribution is -2.39. The van der Waals surface area contributed by atoms with Gasteiger partial charge in [0.05, 0.1) is 0 Å². The molecule has 0 unspecified atom stereocenters. The zero-order valence-electron chi connectivity index (χ0n) is 14.9. The highest BCUT2D eigenvalue weighted by Gasteiger charge is 2.17. The summed E-state index contributed by atoms with van der Waals surface area (Å²) in [5.41, 5.74) is 0.404. The molecule has 128 valence electrons. The molecule has 0 aromatic carbocycles. The van der Waals surface area contributed by atoms with Crippen LogP contribution in [0.25, 0.3) is 0 Å². The van der Waals surface area contributed by atoms with Gasteiger partial charge in [-0.3, -0.25) is 4.79 Å². The Balaban J connectivity index is 2.27. The van der Waals surface area contributed by atoms with Gasteiger partial charge in [-0.1, -0.05) is 27.2 Å². The Labute approximate surface area is 135 Å². The number of likely N-dealkylation sites (tertiary alicyclic amines) is 1. The van der Waals surface area contributed by atoms with Crippen LogP contribution in [0.2, 0.25) is 0 Å². The number of rotatable bonds is 7. The molecule has 5 heteroatoms. The summed E-state index contributed by atoms with van der Waals surface area (Å²) in [6.07, 6.45) is 5.82. The lowest BCUT2D eigenvalue weighted by molar-refractivity contribution is -0.128. The van der Waals surface area contributed by atoms with Gasteiger partial charge in [-0.25, -0.2) is 4.99 Å². The Morgan fingerprint density at radius 3 is 2.41 bits per heavy atom. The van der Waals surface area contributed by atoms with Gasteiger partial charge in [0.2, 0.25) is 5.91 Å². The fourth-order valence-electron chi connectivity index (χ4n) is 2.54. The molecule has 0 aliphatic carbocycles. The minimum absolute atomic E-state index is 0.141. The number of aliphatic imine (C=N–C) groups is 1. The number of hydrogen-bond donors (Lipinski definition) is 2. The second kappa shape index (κ2) is 9.70. The number of carbonyl (C=O) groups is 1. The molecule has 0 bridgehead atoms. The molecule has 1 aliphatic rings. The SMILES string of the molecule is CCNC(=NCC(=O)N1CCCC1)NCCCCC(C)(C)C. The molecular formula is C17H34N4O. The van der Waals surface area contributed by atoms with Gasteiger partial charge in [-0.05, 0) is 38.0 Å². The van der Waals surface area contributed by atoms with Gasteiger partial charge in [0.15, 0.2) is 5.96 Å². The second-order valence-electron chi connectivity index (χ2n) is 7.23. The number of hydrogen-bond acceptors (Lipinski definition) is 2. The van der Waals surface area contributed by atoms with E-state index in [1.807, 2.05) is 11.8 Å². The highest BCUT2D eigenvalue weighted by Crippen LogP contribution is 2.21. The number of amides is 1. The fourth-order valence-corrected chi connectivity index (χ4v) is 2.54. The molecule has 1 fully saturated rings. The molecule has 0 radical (unpaired) electrons. The van der Waals surface area contributed by atoms with Crippen LogP contribution in [0.1, 0.15) is 59.8 Å². The lowest BCUT2D eigenvalue weighted by atomic mass is 9.90. The minimum Gasteiger partial charge on any atom is -0.357 e. The van der Waals surface area contributed by atoms with Crippen LogP contribution >= 0.6 is 0 Å². The Morgan fingerprint density at radius 2 is 1.82 bits per heavy atom. The standard InChI is InChI=1S/C17H34N4O/c1-5-18-16(19-11-7-6-10-17(2,3)4)20-14-15(22)21-12-8-9-13-21/h5-14H2,1-4H3,(H2,18,19,20). The van der Waals surface area contributed by atoms with E-state index in [4.69, 9.17) is 0 Å². The van der Waals surface area contributed by atoms with Crippen molar-refractivity contribution in [2.75, 3.05) is 32.7 Å². The van der Waals surface area contributed by atoms with Crippen molar-refractivity contribution in [2.24, 2.45) is 10.4 Å². The van der Waals surface area contributed by atoms with Crippen LogP contribution in [0.4, 0.5) is 0 Å². The van der Waals surface area contributed by atoms with Crippen LogP contribution in [0.3, 0.4) is 0 Å². The van der Waals surface area contributed by atoms with Crippen LogP contribution in [0, 0.1) is 5.41 Å². The molecule has 1 saturated heterocycles. The van der Waals surface area contributed by atoms with E-state index in [-0.39, 0.29) is 12.5 Å². The summed E-state index contributed by atoms with van der Waals surface area (Å²) in [6.45, 7) is 12.6. The predicted molar refractivity (Wildman–Crippen MR) is 93.1 cm³/mol. The molecule has 1 rings (SSSR count). The topological polar surface area (TPSA) is 56.7 Å². The molecular weight excluding hydrogens is 276 g/mol. The minimum atomic E-state index is 0.141. The summed E-state index contributed by atoms with van der Waals surface area (Å²) >= 11 is 0. The van der Waals surface area contributed by atoms with Gasteiger partial charge in [0.25, 0.3) is 0 Å². The van der Waals surface area contributed by atoms with Gasteiger partial charge < -0.3 is 15.5 Å². The van der Waals surface area contributed by atoms with Crippen molar-refractivity contribution in [3.8, 4) is 0 Å². The zero-order chi connectivity index (χ0) is 16.4. The first-order chi connectivity index (χ1) is 10.4. The van der Waals surface area contributed by atoms with Crippen molar-refractivity contribution in [1.82, 2.24) is 15.5 Å². The number of carbonyl (C=O) groups excluding carboxylic acids is 1. The van der Waals surface area contributed by atoms with Crippen molar-refractivity contribution < 1.29 is 4.79 Å². The van der Waals surface area contributed by atoms with Crippen molar-refractivity contribution in [3.63, 3.8) is 0 Å². The maximum Gasteiger partial charge on any atom is 0.244 e. The van der Waals surface area contributed by atoms with Crippen molar-refractivity contribution >= 4 is 11.9 Å². The second-order valence-corrected chi connectivity index (χ2v) is 7.23. The van der Waals surface area contributed by atoms with E-state index >= 15 is 0 Å². The molecule has 2 N–H and O–H groups in total. The molecule has 0 aromatic rings. The summed E-state index contributed by atoms with van der Waals surface area (Å²) in [4.78, 5) is 18.3. The van der Waals surface area contributed by atoms with Crippen LogP contribution in [0.15, 0.2) is 4.99 Å². The Bertz CT molecular complexity index is 354. The fraction of sp³-hybridized carbons (Fsp3) is 0.882. The Morgan fingerprint density at radius 1 is 1.14 bits per heavy atom. The van der Waals surface area contributed by atoms with Crippen molar-refractivity contribution in [2.45, 2.75) is 59.8 Å². The smallest absolute Gasteiger partial charge is 0.244 e. The first-order valence-electron chi connectivity index (χ1n) is 8.72. The summed E-state index contributed by atoms with van der Waals surface area (Å²) in [6, 6.07) is 0. The third-order valence-corrected chi connectivity index (χ3v) is 3.82. The van der Waals surface area contributed by atoms with Crippen LogP contribution in [0.5, 0.6) is 0 Å². The van der Waals surface area contributed by atoms with Gasteiger partial charge in [0.1, 0.15) is 6.54 Å². The van der Waals surface area contributed by atoms with E-state index in [1.165, 1.54) is 12.8 Å². The monoisotopic (exact) mass is 310 g/mol. The number of nitrogens with zero attached hydrogens (tertiary/aromatic N) is 2.